The molecule has 3 aromatic rings. The van der Waals surface area contributed by atoms with Gasteiger partial charge in [0.2, 0.25) is 0 Å². The summed E-state index contributed by atoms with van der Waals surface area (Å²) in [6, 6.07) is 20.8. The van der Waals surface area contributed by atoms with Gasteiger partial charge in [-0.1, -0.05) is 67.6 Å². The van der Waals surface area contributed by atoms with Gasteiger partial charge in [0, 0.05) is 35.1 Å². The molecule has 0 radical (unpaired) electrons. The zero-order chi connectivity index (χ0) is 20.9. The zero-order valence-corrected chi connectivity index (χ0v) is 17.4. The van der Waals surface area contributed by atoms with E-state index in [1.807, 2.05) is 30.8 Å². The van der Waals surface area contributed by atoms with Crippen molar-refractivity contribution in [3.8, 4) is 11.3 Å². The van der Waals surface area contributed by atoms with E-state index in [0.29, 0.717) is 12.0 Å². The lowest BCUT2D eigenvalue weighted by molar-refractivity contribution is -0.123. The van der Waals surface area contributed by atoms with Crippen molar-refractivity contribution in [1.82, 2.24) is 9.78 Å². The van der Waals surface area contributed by atoms with E-state index in [0.717, 1.165) is 36.1 Å². The number of aliphatic hydroxyl groups is 1. The van der Waals surface area contributed by atoms with Crippen LogP contribution < -0.4 is 0 Å². The molecule has 0 spiro atoms. The molecule has 2 aromatic carbocycles. The molecule has 1 heterocycles. The SMILES string of the molecule is CC1C(=O)C(=CO)C[C@]2(c3ccccc3)c3nn(C)c(-c4ccccc4)c3CCC12. The summed E-state index contributed by atoms with van der Waals surface area (Å²) < 4.78 is 2.00. The van der Waals surface area contributed by atoms with Gasteiger partial charge in [-0.2, -0.15) is 5.10 Å². The van der Waals surface area contributed by atoms with Crippen molar-refractivity contribution in [2.75, 3.05) is 0 Å². The number of carbonyl (C=O) groups is 1. The molecule has 1 N–H and O–H groups in total. The summed E-state index contributed by atoms with van der Waals surface area (Å²) in [6.07, 6.45) is 3.34. The number of hydrogen-bond acceptors (Lipinski definition) is 3. The monoisotopic (exact) mass is 398 g/mol. The third-order valence-corrected chi connectivity index (χ3v) is 7.20. The Bertz CT molecular complexity index is 1130. The van der Waals surface area contributed by atoms with Crippen LogP contribution in [-0.4, -0.2) is 20.7 Å². The van der Waals surface area contributed by atoms with Crippen LogP contribution in [0.4, 0.5) is 0 Å². The molecule has 152 valence electrons. The largest absolute Gasteiger partial charge is 0.515 e. The van der Waals surface area contributed by atoms with Crippen molar-refractivity contribution in [3.63, 3.8) is 0 Å². The van der Waals surface area contributed by atoms with Crippen LogP contribution in [0.25, 0.3) is 11.3 Å². The molecule has 30 heavy (non-hydrogen) atoms. The Morgan fingerprint density at radius 2 is 1.77 bits per heavy atom. The molecule has 0 amide bonds. The molecule has 1 fully saturated rings. The average molecular weight is 399 g/mol. The van der Waals surface area contributed by atoms with Crippen LogP contribution in [-0.2, 0) is 23.7 Å². The fraction of sp³-hybridized carbons (Fsp3) is 0.308. The van der Waals surface area contributed by atoms with Crippen molar-refractivity contribution in [2.45, 2.75) is 31.6 Å². The van der Waals surface area contributed by atoms with E-state index in [1.165, 1.54) is 11.1 Å². The third-order valence-electron chi connectivity index (χ3n) is 7.20. The second-order valence-electron chi connectivity index (χ2n) is 8.63. The molecule has 1 aromatic heterocycles. The number of allylic oxidation sites excluding steroid dienone is 1. The molecular formula is C26H26N2O2. The van der Waals surface area contributed by atoms with Gasteiger partial charge >= 0.3 is 0 Å². The predicted octanol–water partition coefficient (Wildman–Crippen LogP) is 4.99. The predicted molar refractivity (Wildman–Crippen MR) is 117 cm³/mol. The van der Waals surface area contributed by atoms with Crippen LogP contribution in [0, 0.1) is 11.8 Å². The molecule has 2 aliphatic carbocycles. The second-order valence-corrected chi connectivity index (χ2v) is 8.63. The number of nitrogens with zero attached hydrogens (tertiary/aromatic N) is 2. The highest BCUT2D eigenvalue weighted by Crippen LogP contribution is 2.56. The van der Waals surface area contributed by atoms with Gasteiger partial charge in [-0.25, -0.2) is 0 Å². The molecule has 0 aliphatic heterocycles. The maximum atomic E-state index is 12.9. The van der Waals surface area contributed by atoms with Crippen LogP contribution in [0.15, 0.2) is 72.5 Å². The minimum Gasteiger partial charge on any atom is -0.515 e. The van der Waals surface area contributed by atoms with Crippen molar-refractivity contribution >= 4 is 5.78 Å². The lowest BCUT2D eigenvalue weighted by Gasteiger charge is -2.49. The minimum absolute atomic E-state index is 0.0664. The highest BCUT2D eigenvalue weighted by molar-refractivity contribution is 5.98. The molecule has 4 nitrogen and oxygen atoms in total. The highest BCUT2D eigenvalue weighted by atomic mass is 16.2. The first kappa shape index (κ1) is 18.9. The fourth-order valence-electron chi connectivity index (χ4n) is 5.89. The molecule has 3 atom stereocenters. The Hall–Kier alpha value is -3.14. The number of ketones is 1. The highest BCUT2D eigenvalue weighted by Gasteiger charge is 2.55. The number of fused-ring (bicyclic) bond motifs is 3. The summed E-state index contributed by atoms with van der Waals surface area (Å²) in [5, 5.41) is 15.0. The van der Waals surface area contributed by atoms with E-state index < -0.39 is 5.41 Å². The summed E-state index contributed by atoms with van der Waals surface area (Å²) in [7, 11) is 2.01. The zero-order valence-electron chi connectivity index (χ0n) is 17.4. The van der Waals surface area contributed by atoms with Gasteiger partial charge in [0.05, 0.1) is 17.6 Å². The summed E-state index contributed by atoms with van der Waals surface area (Å²) in [5.74, 6) is 0.0616. The topological polar surface area (TPSA) is 55.1 Å². The summed E-state index contributed by atoms with van der Waals surface area (Å²) in [4.78, 5) is 12.9. The fourth-order valence-corrected chi connectivity index (χ4v) is 5.89. The van der Waals surface area contributed by atoms with Gasteiger partial charge in [0.15, 0.2) is 5.78 Å². The smallest absolute Gasteiger partial charge is 0.165 e. The number of aryl methyl sites for hydroxylation is 1. The summed E-state index contributed by atoms with van der Waals surface area (Å²) >= 11 is 0. The molecule has 2 unspecified atom stereocenters. The maximum absolute atomic E-state index is 12.9. The Balaban J connectivity index is 1.80. The Kier molecular flexibility index (Phi) is 4.39. The van der Waals surface area contributed by atoms with Crippen LogP contribution >= 0.6 is 0 Å². The van der Waals surface area contributed by atoms with E-state index in [-0.39, 0.29) is 17.6 Å². The number of Topliss-reactive ketones (excluding diaryl/α,β-unsaturated/α-hetero) is 1. The van der Waals surface area contributed by atoms with E-state index in [4.69, 9.17) is 5.10 Å². The average Bonchev–Trinajstić information content (AvgIpc) is 3.13. The Labute approximate surface area is 176 Å². The van der Waals surface area contributed by atoms with Gasteiger partial charge in [-0.3, -0.25) is 9.48 Å². The summed E-state index contributed by atoms with van der Waals surface area (Å²) in [5.41, 5.74) is 5.90. The first-order chi connectivity index (χ1) is 14.6. The van der Waals surface area contributed by atoms with Gasteiger partial charge in [-0.05, 0) is 30.7 Å². The van der Waals surface area contributed by atoms with Crippen molar-refractivity contribution in [3.05, 3.63) is 89.3 Å². The third kappa shape index (κ3) is 2.53. The number of hydrogen-bond donors (Lipinski definition) is 1. The molecule has 0 bridgehead atoms. The first-order valence-electron chi connectivity index (χ1n) is 10.6. The maximum Gasteiger partial charge on any atom is 0.165 e. The van der Waals surface area contributed by atoms with E-state index in [9.17, 15) is 9.90 Å². The molecule has 0 saturated heterocycles. The first-order valence-corrected chi connectivity index (χ1v) is 10.6. The van der Waals surface area contributed by atoms with Gasteiger partial charge < -0.3 is 5.11 Å². The Morgan fingerprint density at radius 1 is 1.10 bits per heavy atom. The van der Waals surface area contributed by atoms with E-state index in [2.05, 4.69) is 48.5 Å². The molecule has 5 rings (SSSR count). The van der Waals surface area contributed by atoms with Crippen LogP contribution in [0.2, 0.25) is 0 Å². The number of aromatic nitrogens is 2. The molecular weight excluding hydrogens is 372 g/mol. The number of aliphatic hydroxyl groups excluding tert-OH is 1. The quantitative estimate of drug-likeness (QED) is 0.489. The van der Waals surface area contributed by atoms with Crippen LogP contribution in [0.5, 0.6) is 0 Å². The minimum atomic E-state index is -0.415. The number of benzene rings is 2. The molecule has 4 heteroatoms. The second kappa shape index (κ2) is 6.98. The molecule has 2 aliphatic rings. The van der Waals surface area contributed by atoms with Crippen molar-refractivity contribution < 1.29 is 9.90 Å². The van der Waals surface area contributed by atoms with Crippen molar-refractivity contribution in [2.24, 2.45) is 18.9 Å². The van der Waals surface area contributed by atoms with E-state index in [1.54, 1.807) is 0 Å². The van der Waals surface area contributed by atoms with E-state index >= 15 is 0 Å². The van der Waals surface area contributed by atoms with Crippen molar-refractivity contribution in [1.29, 1.82) is 0 Å². The van der Waals surface area contributed by atoms with Gasteiger partial charge in [-0.15, -0.1) is 0 Å². The van der Waals surface area contributed by atoms with Crippen LogP contribution in [0.1, 0.15) is 36.6 Å². The lowest BCUT2D eigenvalue weighted by atomic mass is 9.52. The summed E-state index contributed by atoms with van der Waals surface area (Å²) in [6.45, 7) is 2.01. The Morgan fingerprint density at radius 3 is 2.43 bits per heavy atom. The number of rotatable bonds is 2. The van der Waals surface area contributed by atoms with Crippen LogP contribution in [0.3, 0.4) is 0 Å². The van der Waals surface area contributed by atoms with Gasteiger partial charge in [0.25, 0.3) is 0 Å². The van der Waals surface area contributed by atoms with Gasteiger partial charge in [0.1, 0.15) is 0 Å². The normalized spacial score (nSPS) is 27.0. The number of carbonyl (C=O) groups excluding carboxylic acids is 1. The standard InChI is InChI=1S/C26H26N2O2/c1-17-22-14-13-21-23(18-9-5-3-6-10-18)28(2)27-25(21)26(22,15-19(16-29)24(17)30)20-11-7-4-8-12-20/h3-12,16-17,22,29H,13-15H2,1-2H3/t17?,22?,26-/m1/s1. The lowest BCUT2D eigenvalue weighted by Crippen LogP contribution is -2.50. The molecule has 1 saturated carbocycles.